The monoisotopic (exact) mass is 281 g/mol. The van der Waals surface area contributed by atoms with Gasteiger partial charge < -0.3 is 9.88 Å². The van der Waals surface area contributed by atoms with Crippen LogP contribution in [0.1, 0.15) is 12.5 Å². The quantitative estimate of drug-likeness (QED) is 0.806. The van der Waals surface area contributed by atoms with Crippen molar-refractivity contribution in [3.63, 3.8) is 0 Å². The van der Waals surface area contributed by atoms with Crippen molar-refractivity contribution in [2.75, 3.05) is 13.6 Å². The lowest BCUT2D eigenvalue weighted by atomic mass is 10.2. The minimum atomic E-state index is -0.462. The molecule has 0 bridgehead atoms. The van der Waals surface area contributed by atoms with Gasteiger partial charge in [-0.1, -0.05) is 0 Å². The number of likely N-dealkylation sites (N-methyl/N-ethyl adjacent to an activating group) is 1. The Morgan fingerprint density at radius 3 is 2.94 bits per heavy atom. The van der Waals surface area contributed by atoms with Crippen LogP contribution < -0.4 is 5.56 Å². The maximum atomic E-state index is 12.4. The molecule has 0 spiro atoms. The summed E-state index contributed by atoms with van der Waals surface area (Å²) in [5.74, 6) is -0.0498. The zero-order chi connectivity index (χ0) is 12.9. The molecule has 1 saturated heterocycles. The van der Waals surface area contributed by atoms with Crippen LogP contribution in [0.25, 0.3) is 10.2 Å². The molecular formula is C11H11N3O2S2. The number of fused-ring (bicyclic) bond motifs is 1. The Hall–Kier alpha value is -1.47. The average Bonchev–Trinajstić information content (AvgIpc) is 2.90. The van der Waals surface area contributed by atoms with E-state index in [1.165, 1.54) is 15.9 Å². The number of nitrogens with one attached hydrogen (secondary N) is 1. The molecule has 1 atom stereocenters. The minimum absolute atomic E-state index is 0.0498. The maximum absolute atomic E-state index is 12.4. The molecule has 1 fully saturated rings. The molecule has 3 rings (SSSR count). The molecule has 94 valence electrons. The lowest BCUT2D eigenvalue weighted by Crippen LogP contribution is -2.31. The summed E-state index contributed by atoms with van der Waals surface area (Å²) in [7, 11) is 1.74. The second kappa shape index (κ2) is 4.03. The van der Waals surface area contributed by atoms with Gasteiger partial charge in [-0.2, -0.15) is 0 Å². The Kier molecular flexibility index (Phi) is 2.60. The molecule has 0 saturated carbocycles. The number of amides is 1. The highest BCUT2D eigenvalue weighted by molar-refractivity contribution is 7.71. The molecular weight excluding hydrogens is 270 g/mol. The zero-order valence-corrected chi connectivity index (χ0v) is 11.3. The van der Waals surface area contributed by atoms with Crippen LogP contribution in [0.3, 0.4) is 0 Å². The topological polar surface area (TPSA) is 58.1 Å². The fourth-order valence-corrected chi connectivity index (χ4v) is 3.44. The van der Waals surface area contributed by atoms with E-state index in [1.807, 2.05) is 5.38 Å². The molecule has 0 aromatic carbocycles. The number of carbonyl (C=O) groups is 1. The number of carbonyl (C=O) groups excluding carboxylic acids is 1. The third kappa shape index (κ3) is 1.54. The summed E-state index contributed by atoms with van der Waals surface area (Å²) in [4.78, 5) is 29.8. The molecule has 1 unspecified atom stereocenters. The number of nitrogens with zero attached hydrogens (tertiary/aromatic N) is 2. The average molecular weight is 281 g/mol. The standard InChI is InChI=1S/C11H11N3O2S2/c1-13-4-2-7(10(13)16)14-9(15)6-3-5-18-8(6)12-11(14)17/h3,5,7H,2,4H2,1H3,(H,12,17). The van der Waals surface area contributed by atoms with Gasteiger partial charge in [0.2, 0.25) is 5.91 Å². The normalized spacial score (nSPS) is 19.9. The van der Waals surface area contributed by atoms with E-state index < -0.39 is 6.04 Å². The molecule has 2 aromatic heterocycles. The number of aromatic amines is 1. The molecule has 1 amide bonds. The van der Waals surface area contributed by atoms with Crippen LogP contribution in [0.5, 0.6) is 0 Å². The van der Waals surface area contributed by atoms with E-state index in [4.69, 9.17) is 12.2 Å². The van der Waals surface area contributed by atoms with E-state index in [0.29, 0.717) is 23.1 Å². The molecule has 1 aliphatic heterocycles. The highest BCUT2D eigenvalue weighted by atomic mass is 32.1. The van der Waals surface area contributed by atoms with Gasteiger partial charge in [-0.15, -0.1) is 11.3 Å². The van der Waals surface area contributed by atoms with Gasteiger partial charge in [-0.3, -0.25) is 14.2 Å². The molecule has 0 radical (unpaired) electrons. The van der Waals surface area contributed by atoms with E-state index in [1.54, 1.807) is 18.0 Å². The largest absolute Gasteiger partial charge is 0.344 e. The first-order valence-electron chi connectivity index (χ1n) is 5.56. The Bertz CT molecular complexity index is 743. The number of hydrogen-bond donors (Lipinski definition) is 1. The van der Waals surface area contributed by atoms with Gasteiger partial charge in [0.1, 0.15) is 10.9 Å². The predicted molar refractivity (Wildman–Crippen MR) is 72.6 cm³/mol. The smallest absolute Gasteiger partial charge is 0.263 e. The van der Waals surface area contributed by atoms with Gasteiger partial charge in [0, 0.05) is 13.6 Å². The Morgan fingerprint density at radius 1 is 1.50 bits per heavy atom. The number of hydrogen-bond acceptors (Lipinski definition) is 4. The van der Waals surface area contributed by atoms with Crippen LogP contribution in [0, 0.1) is 4.77 Å². The summed E-state index contributed by atoms with van der Waals surface area (Å²) in [5, 5.41) is 2.43. The molecule has 7 heteroatoms. The van der Waals surface area contributed by atoms with Crippen molar-refractivity contribution in [2.24, 2.45) is 0 Å². The van der Waals surface area contributed by atoms with Crippen molar-refractivity contribution >= 4 is 39.7 Å². The van der Waals surface area contributed by atoms with Crippen molar-refractivity contribution in [2.45, 2.75) is 12.5 Å². The van der Waals surface area contributed by atoms with Crippen molar-refractivity contribution in [3.05, 3.63) is 26.6 Å². The van der Waals surface area contributed by atoms with Gasteiger partial charge >= 0.3 is 0 Å². The van der Waals surface area contributed by atoms with Crippen LogP contribution in [-0.2, 0) is 4.79 Å². The van der Waals surface area contributed by atoms with Gasteiger partial charge in [0.15, 0.2) is 4.77 Å². The van der Waals surface area contributed by atoms with E-state index in [2.05, 4.69) is 4.98 Å². The Balaban J connectivity index is 2.26. The van der Waals surface area contributed by atoms with Crippen molar-refractivity contribution < 1.29 is 4.79 Å². The van der Waals surface area contributed by atoms with E-state index in [-0.39, 0.29) is 11.5 Å². The maximum Gasteiger partial charge on any atom is 0.263 e. The van der Waals surface area contributed by atoms with Crippen molar-refractivity contribution in [1.82, 2.24) is 14.5 Å². The minimum Gasteiger partial charge on any atom is -0.344 e. The second-order valence-electron chi connectivity index (χ2n) is 4.33. The number of H-pyrrole nitrogens is 1. The summed E-state index contributed by atoms with van der Waals surface area (Å²) in [6, 6.07) is 1.29. The molecule has 1 N–H and O–H groups in total. The molecule has 3 heterocycles. The summed E-state index contributed by atoms with van der Waals surface area (Å²) >= 11 is 6.64. The first kappa shape index (κ1) is 11.6. The van der Waals surface area contributed by atoms with Crippen LogP contribution in [0.4, 0.5) is 0 Å². The van der Waals surface area contributed by atoms with E-state index in [9.17, 15) is 9.59 Å². The van der Waals surface area contributed by atoms with Gasteiger partial charge in [-0.05, 0) is 30.1 Å². The van der Waals surface area contributed by atoms with Crippen LogP contribution in [0.2, 0.25) is 0 Å². The first-order valence-corrected chi connectivity index (χ1v) is 6.85. The van der Waals surface area contributed by atoms with Crippen molar-refractivity contribution in [3.8, 4) is 0 Å². The number of rotatable bonds is 1. The summed E-state index contributed by atoms with van der Waals surface area (Å²) in [6.07, 6.45) is 0.627. The van der Waals surface area contributed by atoms with Crippen LogP contribution in [-0.4, -0.2) is 34.0 Å². The van der Waals surface area contributed by atoms with Crippen LogP contribution >= 0.6 is 23.6 Å². The third-order valence-corrected chi connectivity index (χ3v) is 4.39. The lowest BCUT2D eigenvalue weighted by molar-refractivity contribution is -0.129. The number of thiophene rings is 1. The zero-order valence-electron chi connectivity index (χ0n) is 9.67. The third-order valence-electron chi connectivity index (χ3n) is 3.26. The predicted octanol–water partition coefficient (Wildman–Crippen LogP) is 1.52. The Labute approximate surface area is 112 Å². The van der Waals surface area contributed by atoms with Gasteiger partial charge in [-0.25, -0.2) is 0 Å². The first-order chi connectivity index (χ1) is 8.59. The SMILES string of the molecule is CN1CCC(n2c(=S)[nH]c3sccc3c2=O)C1=O. The van der Waals surface area contributed by atoms with E-state index in [0.717, 1.165) is 4.83 Å². The van der Waals surface area contributed by atoms with E-state index >= 15 is 0 Å². The van der Waals surface area contributed by atoms with Crippen molar-refractivity contribution in [1.29, 1.82) is 0 Å². The summed E-state index contributed by atoms with van der Waals surface area (Å²) in [6.45, 7) is 0.659. The fraction of sp³-hybridized carbons (Fsp3) is 0.364. The second-order valence-corrected chi connectivity index (χ2v) is 5.64. The number of aromatic nitrogens is 2. The lowest BCUT2D eigenvalue weighted by Gasteiger charge is -2.13. The highest BCUT2D eigenvalue weighted by Gasteiger charge is 2.32. The molecule has 1 aliphatic rings. The van der Waals surface area contributed by atoms with Gasteiger partial charge in [0.05, 0.1) is 5.39 Å². The molecule has 2 aromatic rings. The van der Waals surface area contributed by atoms with Gasteiger partial charge in [0.25, 0.3) is 5.56 Å². The highest BCUT2D eigenvalue weighted by Crippen LogP contribution is 2.22. The summed E-state index contributed by atoms with van der Waals surface area (Å²) in [5.41, 5.74) is -0.177. The Morgan fingerprint density at radius 2 is 2.28 bits per heavy atom. The fourth-order valence-electron chi connectivity index (χ4n) is 2.28. The molecule has 5 nitrogen and oxygen atoms in total. The molecule has 18 heavy (non-hydrogen) atoms. The summed E-state index contributed by atoms with van der Waals surface area (Å²) < 4.78 is 1.74. The molecule has 0 aliphatic carbocycles. The number of likely N-dealkylation sites (tertiary alicyclic amines) is 1. The van der Waals surface area contributed by atoms with Crippen LogP contribution in [0.15, 0.2) is 16.2 Å².